The van der Waals surface area contributed by atoms with E-state index in [0.29, 0.717) is 0 Å². The van der Waals surface area contributed by atoms with Crippen LogP contribution in [0.1, 0.15) is 37.0 Å². The fourth-order valence-corrected chi connectivity index (χ4v) is 0.901. The van der Waals surface area contributed by atoms with Crippen LogP contribution in [-0.2, 0) is 0 Å². The number of carbonyl (C=O) groups is 1. The zero-order chi connectivity index (χ0) is 10.4. The second-order valence-electron chi connectivity index (χ2n) is 2.27. The van der Waals surface area contributed by atoms with Crippen LogP contribution in [0.2, 0.25) is 0 Å². The Hall–Kier alpha value is -1.51. The molecule has 0 unspecified atom stereocenters. The van der Waals surface area contributed by atoms with Gasteiger partial charge in [0.1, 0.15) is 5.69 Å². The van der Waals surface area contributed by atoms with E-state index in [4.69, 9.17) is 5.11 Å². The lowest BCUT2D eigenvalue weighted by Crippen LogP contribution is -1.95. The van der Waals surface area contributed by atoms with E-state index in [1.54, 1.807) is 12.1 Å². The van der Waals surface area contributed by atoms with Crippen LogP contribution < -0.4 is 0 Å². The maximum Gasteiger partial charge on any atom is 0.352 e. The number of rotatable bonds is 2. The molecule has 0 aliphatic heterocycles. The predicted molar refractivity (Wildman–Crippen MR) is 56.0 cm³/mol. The van der Waals surface area contributed by atoms with Gasteiger partial charge in [-0.25, -0.2) is 4.79 Å². The molecular weight excluding hydrogens is 166 g/mol. The summed E-state index contributed by atoms with van der Waals surface area (Å²) in [6.07, 6.45) is 1.62. The number of aromatic amines is 1. The summed E-state index contributed by atoms with van der Waals surface area (Å²) in [6, 6.07) is 1.56. The van der Waals surface area contributed by atoms with Crippen molar-refractivity contribution in [1.29, 1.82) is 0 Å². The Morgan fingerprint density at radius 1 is 1.69 bits per heavy atom. The Morgan fingerprint density at radius 3 is 2.46 bits per heavy atom. The van der Waals surface area contributed by atoms with Gasteiger partial charge in [0, 0.05) is 7.12 Å². The summed E-state index contributed by atoms with van der Waals surface area (Å²) in [5.41, 5.74) is 1.87. The van der Waals surface area contributed by atoms with Gasteiger partial charge < -0.3 is 10.1 Å². The Morgan fingerprint density at radius 2 is 2.23 bits per heavy atom. The van der Waals surface area contributed by atoms with Gasteiger partial charge >= 0.3 is 5.97 Å². The number of aromatic nitrogens is 1. The van der Waals surface area contributed by atoms with E-state index in [9.17, 15) is 4.79 Å². The van der Waals surface area contributed by atoms with Crippen molar-refractivity contribution < 1.29 is 11.3 Å². The summed E-state index contributed by atoms with van der Waals surface area (Å²) in [6.45, 7) is 9.36. The van der Waals surface area contributed by atoms with E-state index in [2.05, 4.69) is 11.6 Å². The number of H-pyrrole nitrogens is 1. The molecule has 3 nitrogen and oxygen atoms in total. The van der Waals surface area contributed by atoms with Crippen molar-refractivity contribution in [2.24, 2.45) is 0 Å². The molecule has 1 rings (SSSR count). The maximum absolute atomic E-state index is 10.4. The first kappa shape index (κ1) is 11.5. The van der Waals surface area contributed by atoms with Crippen molar-refractivity contribution in [3.05, 3.63) is 29.6 Å². The van der Waals surface area contributed by atoms with Crippen LogP contribution in [0, 0.1) is 6.92 Å². The molecule has 74 valence electrons. The number of hydrogen-bond donors (Lipinski definition) is 2. The molecule has 13 heavy (non-hydrogen) atoms. The fourth-order valence-electron chi connectivity index (χ4n) is 0.901. The van der Waals surface area contributed by atoms with E-state index in [0.717, 1.165) is 11.3 Å². The molecule has 2 N–H and O–H groups in total. The van der Waals surface area contributed by atoms with Gasteiger partial charge in [0.05, 0.1) is 0 Å². The van der Waals surface area contributed by atoms with Gasteiger partial charge in [-0.3, -0.25) is 0 Å². The normalized spacial score (nSPS) is 8.54. The Balaban J connectivity index is 0. The van der Waals surface area contributed by atoms with Crippen LogP contribution in [0.25, 0.3) is 6.08 Å². The Labute approximate surface area is 79.6 Å². The molecular formula is C10H17NO2. The zero-order valence-electron chi connectivity index (χ0n) is 8.22. The van der Waals surface area contributed by atoms with E-state index in [-0.39, 0.29) is 7.12 Å². The number of carboxylic acids is 1. The maximum atomic E-state index is 10.4. The van der Waals surface area contributed by atoms with Crippen molar-refractivity contribution in [3.8, 4) is 0 Å². The lowest BCUT2D eigenvalue weighted by molar-refractivity contribution is 0.0691. The van der Waals surface area contributed by atoms with Gasteiger partial charge in [-0.1, -0.05) is 26.5 Å². The summed E-state index contributed by atoms with van der Waals surface area (Å²) in [5.74, 6) is -0.943. The van der Waals surface area contributed by atoms with Crippen LogP contribution in [-0.4, -0.2) is 16.1 Å². The van der Waals surface area contributed by atoms with Gasteiger partial charge in [-0.15, -0.1) is 0 Å². The molecule has 0 aliphatic carbocycles. The molecule has 0 saturated carbocycles. The van der Waals surface area contributed by atoms with Crippen molar-refractivity contribution in [3.63, 3.8) is 0 Å². The van der Waals surface area contributed by atoms with E-state index < -0.39 is 5.97 Å². The van der Waals surface area contributed by atoms with Gasteiger partial charge in [0.2, 0.25) is 0 Å². The summed E-state index contributed by atoms with van der Waals surface area (Å²) in [7, 11) is 0. The average Bonchev–Trinajstić information content (AvgIpc) is 2.50. The van der Waals surface area contributed by atoms with Crippen molar-refractivity contribution >= 4 is 12.0 Å². The number of carboxylic acid groups (broad SMARTS) is 1. The highest BCUT2D eigenvalue weighted by atomic mass is 16.4. The third-order valence-electron chi connectivity index (χ3n) is 1.51. The third kappa shape index (κ3) is 2.78. The van der Waals surface area contributed by atoms with Crippen LogP contribution >= 0.6 is 0 Å². The minimum absolute atomic E-state index is 0. The smallest absolute Gasteiger partial charge is 0.352 e. The van der Waals surface area contributed by atoms with E-state index in [1.165, 1.54) is 0 Å². The van der Waals surface area contributed by atoms with Crippen molar-refractivity contribution in [1.82, 2.24) is 4.98 Å². The quantitative estimate of drug-likeness (QED) is 0.740. The zero-order valence-corrected chi connectivity index (χ0v) is 8.22. The lowest BCUT2D eigenvalue weighted by atomic mass is 10.2. The first-order valence-electron chi connectivity index (χ1n) is 4.20. The van der Waals surface area contributed by atoms with Crippen LogP contribution in [0.15, 0.2) is 12.6 Å². The molecule has 1 aromatic rings. The van der Waals surface area contributed by atoms with Gasteiger partial charge in [0.25, 0.3) is 0 Å². The third-order valence-corrected chi connectivity index (χ3v) is 1.51. The molecule has 0 amide bonds. The molecule has 0 aromatic carbocycles. The summed E-state index contributed by atoms with van der Waals surface area (Å²) in [5, 5.41) is 8.55. The number of hydrogen-bond acceptors (Lipinski definition) is 1. The first-order valence-corrected chi connectivity index (χ1v) is 4.20. The molecule has 1 heterocycles. The van der Waals surface area contributed by atoms with Gasteiger partial charge in [-0.05, 0) is 18.6 Å². The summed E-state index contributed by atoms with van der Waals surface area (Å²) in [4.78, 5) is 13.1. The number of aryl methyl sites for hydroxylation is 1. The summed E-state index contributed by atoms with van der Waals surface area (Å²) < 4.78 is 0. The molecule has 0 bridgehead atoms. The first-order chi connectivity index (χ1) is 6.15. The van der Waals surface area contributed by atoms with Crippen LogP contribution in [0.3, 0.4) is 0 Å². The molecule has 0 atom stereocenters. The van der Waals surface area contributed by atoms with Crippen molar-refractivity contribution in [2.45, 2.75) is 20.8 Å². The van der Waals surface area contributed by atoms with Gasteiger partial charge in [-0.2, -0.15) is 0 Å². The minimum Gasteiger partial charge on any atom is -0.477 e. The number of nitrogens with one attached hydrogen (secondary N) is 1. The monoisotopic (exact) mass is 183 g/mol. The lowest BCUT2D eigenvalue weighted by Gasteiger charge is -1.85. The second-order valence-corrected chi connectivity index (χ2v) is 2.27. The highest BCUT2D eigenvalue weighted by Crippen LogP contribution is 2.10. The van der Waals surface area contributed by atoms with Crippen LogP contribution in [0.5, 0.6) is 0 Å². The molecule has 0 aliphatic rings. The summed E-state index contributed by atoms with van der Waals surface area (Å²) >= 11 is 0. The van der Waals surface area contributed by atoms with E-state index in [1.807, 2.05) is 20.8 Å². The average molecular weight is 183 g/mol. The SMILES string of the molecule is C=Cc1cc(C(=O)O)[nH]c1C.CC.[HH]. The minimum atomic E-state index is -0.943. The predicted octanol–water partition coefficient (Wildman–Crippen LogP) is 2.94. The molecule has 3 heteroatoms. The highest BCUT2D eigenvalue weighted by molar-refractivity contribution is 5.86. The van der Waals surface area contributed by atoms with E-state index >= 15 is 0 Å². The second kappa shape index (κ2) is 5.19. The van der Waals surface area contributed by atoms with Gasteiger partial charge in [0.15, 0.2) is 0 Å². The molecule has 0 saturated heterocycles. The topological polar surface area (TPSA) is 53.1 Å². The Bertz CT molecular complexity index is 305. The molecule has 0 spiro atoms. The standard InChI is InChI=1S/C8H9NO2.C2H6.H2/c1-3-6-4-7(8(10)11)9-5(6)2;1-2;/h3-4,9H,1H2,2H3,(H,10,11);1-2H3;1H. The number of aromatic carboxylic acids is 1. The Kier molecular flexibility index (Phi) is 4.59. The highest BCUT2D eigenvalue weighted by Gasteiger charge is 2.06. The largest absolute Gasteiger partial charge is 0.477 e. The van der Waals surface area contributed by atoms with Crippen LogP contribution in [0.4, 0.5) is 0 Å². The molecule has 0 fully saturated rings. The molecule has 1 aromatic heterocycles. The molecule has 0 radical (unpaired) electrons. The fraction of sp³-hybridized carbons (Fsp3) is 0.300. The van der Waals surface area contributed by atoms with Crippen molar-refractivity contribution in [2.75, 3.05) is 0 Å².